The van der Waals surface area contributed by atoms with Gasteiger partial charge in [0.25, 0.3) is 5.56 Å². The maximum Gasteiger partial charge on any atom is 0.331 e. The molecule has 2 aromatic rings. The average molecular weight is 395 g/mol. The Bertz CT molecular complexity index is 720. The highest BCUT2D eigenvalue weighted by Crippen LogP contribution is 2.18. The second-order valence-corrected chi connectivity index (χ2v) is 5.54. The van der Waals surface area contributed by atoms with Crippen molar-refractivity contribution in [1.82, 2.24) is 9.13 Å². The summed E-state index contributed by atoms with van der Waals surface area (Å²) in [7, 11) is 1.54. The zero-order valence-corrected chi connectivity index (χ0v) is 12.8. The molecule has 1 aromatic heterocycles. The lowest BCUT2D eigenvalue weighted by atomic mass is 10.2. The molecule has 0 saturated heterocycles. The predicted molar refractivity (Wildman–Crippen MR) is 79.2 cm³/mol. The van der Waals surface area contributed by atoms with E-state index in [2.05, 4.69) is 0 Å². The van der Waals surface area contributed by atoms with Gasteiger partial charge in [-0.05, 0) is 28.7 Å². The van der Waals surface area contributed by atoms with Crippen LogP contribution >= 0.6 is 34.2 Å². The molecule has 0 aliphatic rings. The van der Waals surface area contributed by atoms with Crippen molar-refractivity contribution in [3.63, 3.8) is 0 Å². The summed E-state index contributed by atoms with van der Waals surface area (Å²) in [4.78, 5) is 23.8. The minimum atomic E-state index is -0.614. The molecule has 100 valence electrons. The molecule has 0 aliphatic heterocycles. The van der Waals surface area contributed by atoms with Crippen LogP contribution in [0.2, 0.25) is 5.02 Å². The van der Waals surface area contributed by atoms with Gasteiger partial charge in [0.2, 0.25) is 0 Å². The molecular weight excluding hydrogens is 385 g/mol. The van der Waals surface area contributed by atoms with Gasteiger partial charge in [-0.25, -0.2) is 9.18 Å². The molecule has 0 radical (unpaired) electrons. The normalized spacial score (nSPS) is 10.7. The SMILES string of the molecule is Cn1cc(I)c(=O)n(Cc2cccc(Cl)c2F)c1=O. The van der Waals surface area contributed by atoms with Crippen LogP contribution in [0.5, 0.6) is 0 Å². The van der Waals surface area contributed by atoms with Gasteiger partial charge in [-0.1, -0.05) is 23.7 Å². The minimum absolute atomic E-state index is 0.0343. The van der Waals surface area contributed by atoms with Crippen molar-refractivity contribution in [3.05, 3.63) is 65.2 Å². The standard InChI is InChI=1S/C12H9ClFIN2O2/c1-16-6-9(15)11(18)17(12(16)19)5-7-3-2-4-8(13)10(7)14/h2-4,6H,5H2,1H3. The first kappa shape index (κ1) is 14.3. The van der Waals surface area contributed by atoms with Crippen LogP contribution in [0.3, 0.4) is 0 Å². The van der Waals surface area contributed by atoms with Crippen LogP contribution in [0, 0.1) is 9.39 Å². The fraction of sp³-hybridized carbons (Fsp3) is 0.167. The van der Waals surface area contributed by atoms with Crippen LogP contribution in [-0.4, -0.2) is 9.13 Å². The second-order valence-electron chi connectivity index (χ2n) is 3.97. The molecule has 0 unspecified atom stereocenters. The van der Waals surface area contributed by atoms with E-state index in [9.17, 15) is 14.0 Å². The van der Waals surface area contributed by atoms with Crippen molar-refractivity contribution in [2.45, 2.75) is 6.54 Å². The molecule has 0 saturated carbocycles. The third kappa shape index (κ3) is 2.74. The minimum Gasteiger partial charge on any atom is -0.302 e. The van der Waals surface area contributed by atoms with Gasteiger partial charge in [-0.2, -0.15) is 0 Å². The number of hydrogen-bond acceptors (Lipinski definition) is 2. The Morgan fingerprint density at radius 3 is 2.74 bits per heavy atom. The fourth-order valence-corrected chi connectivity index (χ4v) is 2.57. The predicted octanol–water partition coefficient (Wildman–Crippen LogP) is 1.99. The van der Waals surface area contributed by atoms with Crippen molar-refractivity contribution < 1.29 is 4.39 Å². The molecule has 1 aromatic carbocycles. The number of rotatable bonds is 2. The molecule has 0 aliphatic carbocycles. The van der Waals surface area contributed by atoms with E-state index in [-0.39, 0.29) is 17.1 Å². The molecule has 0 N–H and O–H groups in total. The van der Waals surface area contributed by atoms with Gasteiger partial charge >= 0.3 is 5.69 Å². The van der Waals surface area contributed by atoms with Gasteiger partial charge in [-0.3, -0.25) is 9.36 Å². The van der Waals surface area contributed by atoms with Crippen LogP contribution in [0.4, 0.5) is 4.39 Å². The monoisotopic (exact) mass is 394 g/mol. The molecule has 4 nitrogen and oxygen atoms in total. The third-order valence-electron chi connectivity index (χ3n) is 2.65. The number of aryl methyl sites for hydroxylation is 1. The van der Waals surface area contributed by atoms with Gasteiger partial charge in [0.1, 0.15) is 5.82 Å². The highest BCUT2D eigenvalue weighted by atomic mass is 127. The Morgan fingerprint density at radius 2 is 2.05 bits per heavy atom. The summed E-state index contributed by atoms with van der Waals surface area (Å²) in [5.41, 5.74) is -0.735. The topological polar surface area (TPSA) is 44.0 Å². The van der Waals surface area contributed by atoms with Crippen molar-refractivity contribution in [2.75, 3.05) is 0 Å². The average Bonchev–Trinajstić information content (AvgIpc) is 2.37. The molecule has 0 fully saturated rings. The van der Waals surface area contributed by atoms with Crippen LogP contribution in [0.15, 0.2) is 34.0 Å². The van der Waals surface area contributed by atoms with Gasteiger partial charge in [0, 0.05) is 18.8 Å². The van der Waals surface area contributed by atoms with E-state index in [1.807, 2.05) is 22.6 Å². The highest BCUT2D eigenvalue weighted by molar-refractivity contribution is 14.1. The van der Waals surface area contributed by atoms with E-state index < -0.39 is 17.1 Å². The van der Waals surface area contributed by atoms with E-state index in [1.165, 1.54) is 29.9 Å². The number of nitrogens with zero attached hydrogens (tertiary/aromatic N) is 2. The van der Waals surface area contributed by atoms with E-state index in [1.54, 1.807) is 6.07 Å². The number of halogens is 3. The van der Waals surface area contributed by atoms with E-state index in [0.29, 0.717) is 3.57 Å². The molecule has 0 amide bonds. The lowest BCUT2D eigenvalue weighted by Crippen LogP contribution is -2.40. The highest BCUT2D eigenvalue weighted by Gasteiger charge is 2.12. The van der Waals surface area contributed by atoms with E-state index in [0.717, 1.165) is 4.57 Å². The van der Waals surface area contributed by atoms with Crippen LogP contribution in [-0.2, 0) is 13.6 Å². The Hall–Kier alpha value is -1.15. The fourth-order valence-electron chi connectivity index (χ4n) is 1.67. The summed E-state index contributed by atoms with van der Waals surface area (Å²) in [6.45, 7) is -0.144. The van der Waals surface area contributed by atoms with Crippen LogP contribution in [0.1, 0.15) is 5.56 Å². The van der Waals surface area contributed by atoms with Crippen molar-refractivity contribution >= 4 is 34.2 Å². The Morgan fingerprint density at radius 1 is 1.37 bits per heavy atom. The zero-order valence-electron chi connectivity index (χ0n) is 9.86. The smallest absolute Gasteiger partial charge is 0.302 e. The van der Waals surface area contributed by atoms with Crippen molar-refractivity contribution in [3.8, 4) is 0 Å². The number of benzene rings is 1. The molecule has 2 rings (SSSR count). The largest absolute Gasteiger partial charge is 0.331 e. The van der Waals surface area contributed by atoms with Crippen molar-refractivity contribution in [1.29, 1.82) is 0 Å². The summed E-state index contributed by atoms with van der Waals surface area (Å²) < 4.78 is 16.5. The summed E-state index contributed by atoms with van der Waals surface area (Å²) in [5.74, 6) is -0.614. The summed E-state index contributed by atoms with van der Waals surface area (Å²) >= 11 is 7.51. The zero-order chi connectivity index (χ0) is 14.2. The molecule has 0 spiro atoms. The third-order valence-corrected chi connectivity index (χ3v) is 3.68. The van der Waals surface area contributed by atoms with Gasteiger partial charge in [0.05, 0.1) is 15.1 Å². The maximum atomic E-state index is 13.8. The lowest BCUT2D eigenvalue weighted by molar-refractivity contribution is 0.576. The van der Waals surface area contributed by atoms with E-state index >= 15 is 0 Å². The Labute approximate surface area is 126 Å². The first-order chi connectivity index (χ1) is 8.91. The Kier molecular flexibility index (Phi) is 4.10. The first-order valence-electron chi connectivity index (χ1n) is 5.30. The molecule has 0 atom stereocenters. The number of hydrogen-bond donors (Lipinski definition) is 0. The molecule has 1 heterocycles. The molecular formula is C12H9ClFIN2O2. The van der Waals surface area contributed by atoms with E-state index in [4.69, 9.17) is 11.6 Å². The Balaban J connectivity index is 2.59. The van der Waals surface area contributed by atoms with Crippen molar-refractivity contribution in [2.24, 2.45) is 7.05 Å². The molecule has 0 bridgehead atoms. The first-order valence-corrected chi connectivity index (χ1v) is 6.76. The molecule has 7 heteroatoms. The summed E-state index contributed by atoms with van der Waals surface area (Å²) in [5, 5.41) is -0.0343. The lowest BCUT2D eigenvalue weighted by Gasteiger charge is -2.09. The molecule has 19 heavy (non-hydrogen) atoms. The summed E-state index contributed by atoms with van der Waals surface area (Å²) in [6.07, 6.45) is 1.44. The van der Waals surface area contributed by atoms with Crippen LogP contribution in [0.25, 0.3) is 0 Å². The van der Waals surface area contributed by atoms with Crippen LogP contribution < -0.4 is 11.2 Å². The second kappa shape index (κ2) is 5.46. The van der Waals surface area contributed by atoms with Gasteiger partial charge < -0.3 is 4.57 Å². The quantitative estimate of drug-likeness (QED) is 0.731. The summed E-state index contributed by atoms with van der Waals surface area (Å²) in [6, 6.07) is 4.48. The number of aromatic nitrogens is 2. The maximum absolute atomic E-state index is 13.8. The van der Waals surface area contributed by atoms with Gasteiger partial charge in [-0.15, -0.1) is 0 Å². The van der Waals surface area contributed by atoms with Gasteiger partial charge in [0.15, 0.2) is 0 Å².